The molecule has 0 saturated carbocycles. The van der Waals surface area contributed by atoms with Gasteiger partial charge in [-0.15, -0.1) is 7.28 Å². The quantitative estimate of drug-likeness (QED) is 0.549. The lowest BCUT2D eigenvalue weighted by atomic mass is 9.51. The Morgan fingerprint density at radius 1 is 0.842 bits per heavy atom. The molecule has 0 spiro atoms. The van der Waals surface area contributed by atoms with E-state index in [-0.39, 0.29) is 0 Å². The fourth-order valence-corrected chi connectivity index (χ4v) is 2.98. The van der Waals surface area contributed by atoms with E-state index in [1.54, 1.807) is 0 Å². The standard InChI is InChI=1S/C18H22B/c1-11-7-13(3)17(14(4)8-11)19-18-15(5)9-12(2)10-16(18)6/h7-10H,1-6H3/q+1. The van der Waals surface area contributed by atoms with Crippen LogP contribution in [0.5, 0.6) is 0 Å². The van der Waals surface area contributed by atoms with Crippen LogP contribution in [0, 0.1) is 32.5 Å². The molecule has 2 rings (SSSR count). The molecule has 0 fully saturated rings. The first-order valence-corrected chi connectivity index (χ1v) is 6.89. The van der Waals surface area contributed by atoms with Crippen molar-refractivity contribution in [3.05, 3.63) is 63.9 Å². The van der Waals surface area contributed by atoms with Crippen molar-refractivity contribution in [3.8, 4) is 0 Å². The summed E-state index contributed by atoms with van der Waals surface area (Å²) in [7, 11) is 2.34. The first-order valence-electron chi connectivity index (χ1n) is 6.89. The number of rotatable bonds is 2. The lowest BCUT2D eigenvalue weighted by Gasteiger charge is -2.26. The maximum Gasteiger partial charge on any atom is 0.158 e. The highest BCUT2D eigenvalue weighted by molar-refractivity contribution is 6.62. The van der Waals surface area contributed by atoms with Crippen molar-refractivity contribution in [1.29, 1.82) is 0 Å². The molecule has 0 atom stereocenters. The third-order valence-corrected chi connectivity index (χ3v) is 3.76. The zero-order valence-electron chi connectivity index (χ0n) is 12.9. The fourth-order valence-electron chi connectivity index (χ4n) is 2.98. The highest BCUT2D eigenvalue weighted by Crippen LogP contribution is 2.30. The van der Waals surface area contributed by atoms with Crippen molar-refractivity contribution in [1.82, 2.24) is 0 Å². The summed E-state index contributed by atoms with van der Waals surface area (Å²) in [6, 6.07) is 4.52. The van der Waals surface area contributed by atoms with Crippen molar-refractivity contribution in [3.63, 3.8) is 0 Å². The van der Waals surface area contributed by atoms with Gasteiger partial charge in [0.25, 0.3) is 0 Å². The van der Waals surface area contributed by atoms with E-state index >= 15 is 0 Å². The van der Waals surface area contributed by atoms with Gasteiger partial charge in [0.1, 0.15) is 23.3 Å². The molecular weight excluding hydrogens is 227 g/mol. The van der Waals surface area contributed by atoms with E-state index in [4.69, 9.17) is 0 Å². The maximum absolute atomic E-state index is 2.34. The SMILES string of the molecule is CC1=C[C+](C)C=C(C)[C+]1[B-]c1c(C)cc(C)cc1C. The molecule has 0 heterocycles. The highest BCUT2D eigenvalue weighted by Gasteiger charge is 2.26. The zero-order valence-corrected chi connectivity index (χ0v) is 12.9. The number of hydrogen-bond acceptors (Lipinski definition) is 0. The van der Waals surface area contributed by atoms with Gasteiger partial charge >= 0.3 is 0 Å². The summed E-state index contributed by atoms with van der Waals surface area (Å²) in [4.78, 5) is 0. The van der Waals surface area contributed by atoms with Crippen molar-refractivity contribution >= 4 is 12.7 Å². The van der Waals surface area contributed by atoms with E-state index in [1.807, 2.05) is 0 Å². The Morgan fingerprint density at radius 2 is 1.32 bits per heavy atom. The molecule has 1 aromatic rings. The minimum Gasteiger partial charge on any atom is -0.250 e. The number of benzene rings is 1. The van der Waals surface area contributed by atoms with Crippen LogP contribution in [0.3, 0.4) is 0 Å². The van der Waals surface area contributed by atoms with Gasteiger partial charge in [-0.25, -0.2) is 0 Å². The fraction of sp³-hybridized carbons (Fsp3) is 0.333. The second-order valence-corrected chi connectivity index (χ2v) is 5.77. The minimum absolute atomic E-state index is 1.34. The van der Waals surface area contributed by atoms with Crippen molar-refractivity contribution in [2.45, 2.75) is 41.5 Å². The van der Waals surface area contributed by atoms with Crippen LogP contribution in [0.1, 0.15) is 37.5 Å². The molecule has 1 aliphatic rings. The second kappa shape index (κ2) is 5.24. The van der Waals surface area contributed by atoms with Crippen molar-refractivity contribution in [2.24, 2.45) is 0 Å². The van der Waals surface area contributed by atoms with E-state index in [0.717, 1.165) is 0 Å². The first kappa shape index (κ1) is 13.9. The van der Waals surface area contributed by atoms with Gasteiger partial charge in [-0.1, -0.05) is 34.6 Å². The summed E-state index contributed by atoms with van der Waals surface area (Å²) < 4.78 is 0. The second-order valence-electron chi connectivity index (χ2n) is 5.77. The van der Waals surface area contributed by atoms with E-state index < -0.39 is 0 Å². The lowest BCUT2D eigenvalue weighted by Crippen LogP contribution is -2.29. The Morgan fingerprint density at radius 3 is 1.79 bits per heavy atom. The van der Waals surface area contributed by atoms with Gasteiger partial charge in [-0.3, -0.25) is 5.46 Å². The molecule has 1 aliphatic carbocycles. The van der Waals surface area contributed by atoms with E-state index in [0.29, 0.717) is 0 Å². The van der Waals surface area contributed by atoms with Gasteiger partial charge < -0.3 is 0 Å². The van der Waals surface area contributed by atoms with E-state index in [9.17, 15) is 0 Å². The molecule has 19 heavy (non-hydrogen) atoms. The van der Waals surface area contributed by atoms with Crippen molar-refractivity contribution in [2.75, 3.05) is 0 Å². The van der Waals surface area contributed by atoms with E-state index in [2.05, 4.69) is 73.1 Å². The normalized spacial score (nSPS) is 15.5. The molecule has 0 aliphatic heterocycles. The monoisotopic (exact) mass is 249 g/mol. The Balaban J connectivity index is 2.32. The molecule has 0 saturated heterocycles. The molecule has 1 heteroatoms. The summed E-state index contributed by atoms with van der Waals surface area (Å²) >= 11 is 0. The molecule has 96 valence electrons. The predicted molar refractivity (Wildman–Crippen MR) is 85.7 cm³/mol. The van der Waals surface area contributed by atoms with E-state index in [1.165, 1.54) is 45.0 Å². The van der Waals surface area contributed by atoms with Crippen LogP contribution in [0.25, 0.3) is 0 Å². The molecule has 0 unspecified atom stereocenters. The lowest BCUT2D eigenvalue weighted by molar-refractivity contribution is 1.15. The number of hydrogen-bond donors (Lipinski definition) is 0. The molecule has 0 N–H and O–H groups in total. The third kappa shape index (κ3) is 2.92. The average molecular weight is 249 g/mol. The summed E-state index contributed by atoms with van der Waals surface area (Å²) in [5.74, 6) is 2.70. The van der Waals surface area contributed by atoms with Gasteiger partial charge in [0, 0.05) is 20.8 Å². The summed E-state index contributed by atoms with van der Waals surface area (Å²) in [6.07, 6.45) is 4.52. The number of allylic oxidation sites excluding steroid dienone is 4. The molecule has 1 aromatic carbocycles. The smallest absolute Gasteiger partial charge is 0.158 e. The van der Waals surface area contributed by atoms with Crippen LogP contribution in [0.4, 0.5) is 0 Å². The van der Waals surface area contributed by atoms with Gasteiger partial charge in [-0.05, 0) is 20.8 Å². The van der Waals surface area contributed by atoms with Crippen LogP contribution in [0.2, 0.25) is 0 Å². The summed E-state index contributed by atoms with van der Waals surface area (Å²) in [6.45, 7) is 13.1. The minimum atomic E-state index is 1.34. The third-order valence-electron chi connectivity index (χ3n) is 3.76. The molecule has 0 bridgehead atoms. The topological polar surface area (TPSA) is 0 Å². The Labute approximate surface area is 118 Å². The van der Waals surface area contributed by atoms with Gasteiger partial charge in [0.15, 0.2) is 5.92 Å². The van der Waals surface area contributed by atoms with Gasteiger partial charge in [0.2, 0.25) is 0 Å². The Hall–Kier alpha value is -1.50. The van der Waals surface area contributed by atoms with Gasteiger partial charge in [-0.2, -0.15) is 0 Å². The molecule has 0 aromatic heterocycles. The summed E-state index contributed by atoms with van der Waals surface area (Å²) in [5, 5.41) is 0. The van der Waals surface area contributed by atoms with Crippen LogP contribution >= 0.6 is 0 Å². The molecule has 2 radical (unpaired) electrons. The molecule has 0 nitrogen and oxygen atoms in total. The van der Waals surface area contributed by atoms with Gasteiger partial charge in [0.05, 0.1) is 0 Å². The highest BCUT2D eigenvalue weighted by atomic mass is 14.2. The Kier molecular flexibility index (Phi) is 3.84. The first-order chi connectivity index (χ1) is 8.88. The predicted octanol–water partition coefficient (Wildman–Crippen LogP) is 3.97. The maximum atomic E-state index is 2.34. The van der Waals surface area contributed by atoms with Crippen molar-refractivity contribution < 1.29 is 0 Å². The number of aryl methyl sites for hydroxylation is 3. The van der Waals surface area contributed by atoms with Crippen LogP contribution in [-0.2, 0) is 0 Å². The summed E-state index contributed by atoms with van der Waals surface area (Å²) in [5.41, 5.74) is 8.13. The Bertz CT molecular complexity index is 506. The van der Waals surface area contributed by atoms with Crippen LogP contribution in [-0.4, -0.2) is 7.28 Å². The molecular formula is C18H22B+. The average Bonchev–Trinajstić information content (AvgIpc) is 2.25. The largest absolute Gasteiger partial charge is 0.250 e. The molecule has 0 amide bonds. The van der Waals surface area contributed by atoms with Crippen LogP contribution < -0.4 is 5.46 Å². The zero-order chi connectivity index (χ0) is 14.2. The van der Waals surface area contributed by atoms with Crippen LogP contribution in [0.15, 0.2) is 35.4 Å².